The molecule has 1 rings (SSSR count). The molecule has 1 aromatic heterocycles. The molecule has 0 saturated heterocycles. The van der Waals surface area contributed by atoms with Gasteiger partial charge in [0.1, 0.15) is 12.0 Å². The van der Waals surface area contributed by atoms with E-state index in [0.29, 0.717) is 0 Å². The van der Waals surface area contributed by atoms with Crippen LogP contribution in [0.5, 0.6) is 0 Å². The lowest BCUT2D eigenvalue weighted by molar-refractivity contribution is 0.0690. The molecule has 0 bridgehead atoms. The van der Waals surface area contributed by atoms with Gasteiger partial charge in [0, 0.05) is 13.0 Å². The molecule has 0 aliphatic heterocycles. The van der Waals surface area contributed by atoms with Gasteiger partial charge in [-0.05, 0) is 0 Å². The topological polar surface area (TPSA) is 80.2 Å². The Morgan fingerprint density at radius 2 is 1.92 bits per heavy atom. The van der Waals surface area contributed by atoms with Crippen LogP contribution in [0.2, 0.25) is 0 Å². The second-order valence-corrected chi connectivity index (χ2v) is 2.15. The summed E-state index contributed by atoms with van der Waals surface area (Å²) in [5.41, 5.74) is -0.0578. The van der Waals surface area contributed by atoms with Crippen molar-refractivity contribution in [2.75, 3.05) is 0 Å². The number of aromatic carboxylic acids is 1. The van der Waals surface area contributed by atoms with Gasteiger partial charge in [0.05, 0.1) is 0 Å². The maximum absolute atomic E-state index is 10.7. The van der Waals surface area contributed by atoms with Crippen molar-refractivity contribution >= 4 is 11.8 Å². The predicted octanol–water partition coefficient (Wildman–Crippen LogP) is 0.377. The second kappa shape index (κ2) is 3.08. The number of carbonyl (C=O) groups is 2. The van der Waals surface area contributed by atoms with E-state index in [0.717, 1.165) is 12.4 Å². The Morgan fingerprint density at radius 1 is 1.33 bits per heavy atom. The van der Waals surface area contributed by atoms with Crippen LogP contribution in [0.3, 0.4) is 0 Å². The summed E-state index contributed by atoms with van der Waals surface area (Å²) in [5, 5.41) is 8.49. The summed E-state index contributed by atoms with van der Waals surface area (Å²) < 4.78 is 0. The lowest BCUT2D eigenvalue weighted by Crippen LogP contribution is -2.05. The summed E-state index contributed by atoms with van der Waals surface area (Å²) in [6.45, 7) is 1.31. The second-order valence-electron chi connectivity index (χ2n) is 2.15. The SMILES string of the molecule is CC(=O)c1cc(C(=O)O)ncn1. The minimum atomic E-state index is -1.17. The molecule has 0 saturated carbocycles. The van der Waals surface area contributed by atoms with E-state index in [-0.39, 0.29) is 17.2 Å². The van der Waals surface area contributed by atoms with Crippen molar-refractivity contribution in [2.24, 2.45) is 0 Å². The third kappa shape index (κ3) is 1.63. The first-order valence-corrected chi connectivity index (χ1v) is 3.17. The molecule has 0 aliphatic rings. The van der Waals surface area contributed by atoms with E-state index in [9.17, 15) is 9.59 Å². The molecular formula is C7H6N2O3. The van der Waals surface area contributed by atoms with Gasteiger partial charge in [-0.1, -0.05) is 0 Å². The summed E-state index contributed by atoms with van der Waals surface area (Å²) in [6.07, 6.45) is 1.06. The fourth-order valence-electron chi connectivity index (χ4n) is 0.667. The molecule has 0 spiro atoms. The van der Waals surface area contributed by atoms with Crippen LogP contribution < -0.4 is 0 Å². The summed E-state index contributed by atoms with van der Waals surface area (Å²) in [5.74, 6) is -1.44. The van der Waals surface area contributed by atoms with Gasteiger partial charge >= 0.3 is 5.97 Å². The quantitative estimate of drug-likeness (QED) is 0.642. The van der Waals surface area contributed by atoms with Gasteiger partial charge < -0.3 is 5.11 Å². The lowest BCUT2D eigenvalue weighted by atomic mass is 10.2. The average Bonchev–Trinajstić information content (AvgIpc) is 2.04. The van der Waals surface area contributed by atoms with Crippen molar-refractivity contribution in [3.8, 4) is 0 Å². The highest BCUT2D eigenvalue weighted by atomic mass is 16.4. The van der Waals surface area contributed by atoms with Crippen molar-refractivity contribution < 1.29 is 14.7 Å². The Balaban J connectivity index is 3.12. The Morgan fingerprint density at radius 3 is 2.42 bits per heavy atom. The number of hydrogen-bond donors (Lipinski definition) is 1. The number of carboxylic acids is 1. The van der Waals surface area contributed by atoms with Gasteiger partial charge in [0.15, 0.2) is 11.5 Å². The normalized spacial score (nSPS) is 9.42. The Bertz CT molecular complexity index is 306. The highest BCUT2D eigenvalue weighted by molar-refractivity contribution is 5.94. The Labute approximate surface area is 68.1 Å². The molecule has 5 nitrogen and oxygen atoms in total. The summed E-state index contributed by atoms with van der Waals surface area (Å²) >= 11 is 0. The van der Waals surface area contributed by atoms with Crippen molar-refractivity contribution in [1.82, 2.24) is 9.97 Å². The molecule has 1 heterocycles. The van der Waals surface area contributed by atoms with E-state index >= 15 is 0 Å². The van der Waals surface area contributed by atoms with E-state index in [1.807, 2.05) is 0 Å². The number of rotatable bonds is 2. The van der Waals surface area contributed by atoms with E-state index < -0.39 is 5.97 Å². The average molecular weight is 166 g/mol. The molecular weight excluding hydrogens is 160 g/mol. The molecule has 0 fully saturated rings. The molecule has 1 aromatic rings. The third-order valence-electron chi connectivity index (χ3n) is 1.25. The van der Waals surface area contributed by atoms with Crippen LogP contribution in [-0.2, 0) is 0 Å². The molecule has 0 unspecified atom stereocenters. The number of aromatic nitrogens is 2. The van der Waals surface area contributed by atoms with E-state index in [2.05, 4.69) is 9.97 Å². The van der Waals surface area contributed by atoms with Gasteiger partial charge in [0.25, 0.3) is 0 Å². The zero-order chi connectivity index (χ0) is 9.14. The van der Waals surface area contributed by atoms with Gasteiger partial charge in [-0.2, -0.15) is 0 Å². The number of ketones is 1. The molecule has 5 heteroatoms. The summed E-state index contributed by atoms with van der Waals surface area (Å²) in [4.78, 5) is 28.2. The van der Waals surface area contributed by atoms with Crippen LogP contribution in [0.15, 0.2) is 12.4 Å². The van der Waals surface area contributed by atoms with Crippen molar-refractivity contribution in [3.05, 3.63) is 23.8 Å². The van der Waals surface area contributed by atoms with Crippen LogP contribution in [0.1, 0.15) is 27.9 Å². The smallest absolute Gasteiger partial charge is 0.354 e. The van der Waals surface area contributed by atoms with Gasteiger partial charge in [0.2, 0.25) is 0 Å². The molecule has 0 radical (unpaired) electrons. The van der Waals surface area contributed by atoms with Crippen molar-refractivity contribution in [3.63, 3.8) is 0 Å². The molecule has 1 N–H and O–H groups in total. The van der Waals surface area contributed by atoms with E-state index in [1.165, 1.54) is 6.92 Å². The van der Waals surface area contributed by atoms with Crippen molar-refractivity contribution in [1.29, 1.82) is 0 Å². The fourth-order valence-corrected chi connectivity index (χ4v) is 0.667. The number of carbonyl (C=O) groups excluding carboxylic acids is 1. The molecule has 0 aliphatic carbocycles. The zero-order valence-corrected chi connectivity index (χ0v) is 6.31. The number of hydrogen-bond acceptors (Lipinski definition) is 4. The van der Waals surface area contributed by atoms with Crippen LogP contribution in [0.25, 0.3) is 0 Å². The third-order valence-corrected chi connectivity index (χ3v) is 1.25. The minimum Gasteiger partial charge on any atom is -0.477 e. The van der Waals surface area contributed by atoms with E-state index in [1.54, 1.807) is 0 Å². The van der Waals surface area contributed by atoms with Crippen LogP contribution in [0.4, 0.5) is 0 Å². The maximum Gasteiger partial charge on any atom is 0.354 e. The van der Waals surface area contributed by atoms with Gasteiger partial charge in [-0.25, -0.2) is 14.8 Å². The summed E-state index contributed by atoms with van der Waals surface area (Å²) in [7, 11) is 0. The number of carboxylic acid groups (broad SMARTS) is 1. The highest BCUT2D eigenvalue weighted by Gasteiger charge is 2.07. The molecule has 62 valence electrons. The first kappa shape index (κ1) is 8.32. The monoisotopic (exact) mass is 166 g/mol. The molecule has 12 heavy (non-hydrogen) atoms. The van der Waals surface area contributed by atoms with E-state index in [4.69, 9.17) is 5.11 Å². The molecule has 0 aromatic carbocycles. The highest BCUT2D eigenvalue weighted by Crippen LogP contribution is 1.98. The number of Topliss-reactive ketones (excluding diaryl/α,β-unsaturated/α-hetero) is 1. The maximum atomic E-state index is 10.7. The van der Waals surface area contributed by atoms with Crippen LogP contribution in [0, 0.1) is 0 Å². The standard InChI is InChI=1S/C7H6N2O3/c1-4(10)5-2-6(7(11)12)9-3-8-5/h2-3H,1H3,(H,11,12). The summed E-state index contributed by atoms with van der Waals surface area (Å²) in [6, 6.07) is 1.14. The minimum absolute atomic E-state index is 0.113. The molecule has 0 amide bonds. The molecule has 0 atom stereocenters. The Kier molecular flexibility index (Phi) is 2.14. The van der Waals surface area contributed by atoms with Crippen LogP contribution >= 0.6 is 0 Å². The van der Waals surface area contributed by atoms with Gasteiger partial charge in [-0.15, -0.1) is 0 Å². The predicted molar refractivity (Wildman–Crippen MR) is 39.0 cm³/mol. The fraction of sp³-hybridized carbons (Fsp3) is 0.143. The lowest BCUT2D eigenvalue weighted by Gasteiger charge is -1.94. The number of nitrogens with zero attached hydrogens (tertiary/aromatic N) is 2. The largest absolute Gasteiger partial charge is 0.477 e. The van der Waals surface area contributed by atoms with Crippen LogP contribution in [-0.4, -0.2) is 26.8 Å². The zero-order valence-electron chi connectivity index (χ0n) is 6.31. The first-order valence-electron chi connectivity index (χ1n) is 3.17. The van der Waals surface area contributed by atoms with Crippen molar-refractivity contribution in [2.45, 2.75) is 6.92 Å². The first-order chi connectivity index (χ1) is 5.61. The van der Waals surface area contributed by atoms with Gasteiger partial charge in [-0.3, -0.25) is 4.79 Å². The Hall–Kier alpha value is -1.78.